The predicted molar refractivity (Wildman–Crippen MR) is 76.7 cm³/mol. The lowest BCUT2D eigenvalue weighted by Crippen LogP contribution is -2.31. The number of hydrogen-bond donors (Lipinski definition) is 1. The fourth-order valence-electron chi connectivity index (χ4n) is 2.31. The SMILES string of the molecule is CCOC(=O)c1ccccc1NC(=O)CN1CCCC1. The molecule has 1 aliphatic rings. The Morgan fingerprint density at radius 2 is 1.95 bits per heavy atom. The van der Waals surface area contributed by atoms with Gasteiger partial charge in [0.15, 0.2) is 0 Å². The van der Waals surface area contributed by atoms with Crippen molar-refractivity contribution in [2.75, 3.05) is 31.6 Å². The zero-order valence-corrected chi connectivity index (χ0v) is 11.7. The number of nitrogens with zero attached hydrogens (tertiary/aromatic N) is 1. The van der Waals surface area contributed by atoms with Crippen LogP contribution in [0.25, 0.3) is 0 Å². The van der Waals surface area contributed by atoms with Gasteiger partial charge in [-0.1, -0.05) is 12.1 Å². The number of ether oxygens (including phenoxy) is 1. The Morgan fingerprint density at radius 3 is 2.65 bits per heavy atom. The van der Waals surface area contributed by atoms with Gasteiger partial charge in [0, 0.05) is 0 Å². The van der Waals surface area contributed by atoms with Crippen LogP contribution in [0.5, 0.6) is 0 Å². The second kappa shape index (κ2) is 7.05. The highest BCUT2D eigenvalue weighted by Crippen LogP contribution is 2.16. The number of nitrogens with one attached hydrogen (secondary N) is 1. The van der Waals surface area contributed by atoms with Crippen molar-refractivity contribution in [2.24, 2.45) is 0 Å². The van der Waals surface area contributed by atoms with Crippen molar-refractivity contribution in [3.8, 4) is 0 Å². The smallest absolute Gasteiger partial charge is 0.340 e. The Morgan fingerprint density at radius 1 is 1.25 bits per heavy atom. The second-order valence-electron chi connectivity index (χ2n) is 4.80. The quantitative estimate of drug-likeness (QED) is 0.834. The lowest BCUT2D eigenvalue weighted by molar-refractivity contribution is -0.117. The standard InChI is InChI=1S/C15H20N2O3/c1-2-20-15(19)12-7-3-4-8-13(12)16-14(18)11-17-9-5-6-10-17/h3-4,7-8H,2,5-6,9-11H2,1H3,(H,16,18). The van der Waals surface area contributed by atoms with Gasteiger partial charge in [-0.15, -0.1) is 0 Å². The molecule has 1 saturated heterocycles. The molecule has 1 N–H and O–H groups in total. The van der Waals surface area contributed by atoms with E-state index in [1.54, 1.807) is 31.2 Å². The number of rotatable bonds is 5. The Kier molecular flexibility index (Phi) is 5.12. The summed E-state index contributed by atoms with van der Waals surface area (Å²) in [5.41, 5.74) is 0.902. The summed E-state index contributed by atoms with van der Waals surface area (Å²) in [6, 6.07) is 6.91. The molecule has 0 aromatic heterocycles. The van der Waals surface area contributed by atoms with E-state index in [0.29, 0.717) is 24.4 Å². The molecule has 1 aromatic carbocycles. The molecule has 1 heterocycles. The molecular formula is C15H20N2O3. The van der Waals surface area contributed by atoms with Gasteiger partial charge in [0.05, 0.1) is 24.4 Å². The van der Waals surface area contributed by atoms with Gasteiger partial charge in [-0.05, 0) is 45.0 Å². The molecule has 0 radical (unpaired) electrons. The molecule has 20 heavy (non-hydrogen) atoms. The van der Waals surface area contributed by atoms with Crippen molar-refractivity contribution < 1.29 is 14.3 Å². The molecule has 0 saturated carbocycles. The van der Waals surface area contributed by atoms with E-state index in [9.17, 15) is 9.59 Å². The van der Waals surface area contributed by atoms with Crippen LogP contribution in [-0.4, -0.2) is 43.0 Å². The number of amides is 1. The molecule has 1 aromatic rings. The van der Waals surface area contributed by atoms with Crippen molar-refractivity contribution in [3.05, 3.63) is 29.8 Å². The van der Waals surface area contributed by atoms with Crippen LogP contribution >= 0.6 is 0 Å². The molecule has 0 aliphatic carbocycles. The fraction of sp³-hybridized carbons (Fsp3) is 0.467. The highest BCUT2D eigenvalue weighted by molar-refractivity contribution is 6.01. The summed E-state index contributed by atoms with van der Waals surface area (Å²) in [6.45, 7) is 4.37. The minimum absolute atomic E-state index is 0.0938. The number of hydrogen-bond acceptors (Lipinski definition) is 4. The molecule has 0 unspecified atom stereocenters. The minimum atomic E-state index is -0.412. The average Bonchev–Trinajstić information content (AvgIpc) is 2.92. The first kappa shape index (κ1) is 14.5. The Balaban J connectivity index is 2.00. The lowest BCUT2D eigenvalue weighted by Gasteiger charge is -2.15. The number of esters is 1. The molecule has 1 fully saturated rings. The third-order valence-corrected chi connectivity index (χ3v) is 3.26. The van der Waals surface area contributed by atoms with Crippen LogP contribution in [0.4, 0.5) is 5.69 Å². The predicted octanol–water partition coefficient (Wildman–Crippen LogP) is 1.90. The molecular weight excluding hydrogens is 256 g/mol. The normalized spacial score (nSPS) is 15.1. The second-order valence-corrected chi connectivity index (χ2v) is 4.80. The molecule has 0 atom stereocenters. The van der Waals surface area contributed by atoms with E-state index in [1.165, 1.54) is 0 Å². The van der Waals surface area contributed by atoms with Gasteiger partial charge in [-0.2, -0.15) is 0 Å². The molecule has 0 spiro atoms. The Hall–Kier alpha value is -1.88. The maximum atomic E-state index is 12.0. The summed E-state index contributed by atoms with van der Waals surface area (Å²) in [6.07, 6.45) is 2.29. The van der Waals surface area contributed by atoms with Gasteiger partial charge in [0.2, 0.25) is 5.91 Å². The largest absolute Gasteiger partial charge is 0.462 e. The maximum absolute atomic E-state index is 12.0. The molecule has 1 aliphatic heterocycles. The van der Waals surface area contributed by atoms with E-state index >= 15 is 0 Å². The molecule has 1 amide bonds. The van der Waals surface area contributed by atoms with Gasteiger partial charge in [0.1, 0.15) is 0 Å². The fourth-order valence-corrected chi connectivity index (χ4v) is 2.31. The van der Waals surface area contributed by atoms with Crippen molar-refractivity contribution in [1.82, 2.24) is 4.90 Å². The Labute approximate surface area is 118 Å². The first-order valence-corrected chi connectivity index (χ1v) is 6.99. The number of likely N-dealkylation sites (tertiary alicyclic amines) is 1. The maximum Gasteiger partial charge on any atom is 0.340 e. The summed E-state index contributed by atoms with van der Waals surface area (Å²) in [4.78, 5) is 25.9. The highest BCUT2D eigenvalue weighted by atomic mass is 16.5. The van der Waals surface area contributed by atoms with Gasteiger partial charge in [-0.25, -0.2) is 4.79 Å². The molecule has 5 nitrogen and oxygen atoms in total. The van der Waals surface area contributed by atoms with E-state index in [2.05, 4.69) is 10.2 Å². The number of para-hydroxylation sites is 1. The summed E-state index contributed by atoms with van der Waals surface area (Å²) >= 11 is 0. The van der Waals surface area contributed by atoms with Crippen molar-refractivity contribution in [1.29, 1.82) is 0 Å². The lowest BCUT2D eigenvalue weighted by atomic mass is 10.2. The number of benzene rings is 1. The van der Waals surface area contributed by atoms with Crippen LogP contribution in [0.1, 0.15) is 30.1 Å². The average molecular weight is 276 g/mol. The number of anilines is 1. The van der Waals surface area contributed by atoms with E-state index in [1.807, 2.05) is 0 Å². The zero-order chi connectivity index (χ0) is 14.4. The first-order chi connectivity index (χ1) is 9.70. The van der Waals surface area contributed by atoms with E-state index < -0.39 is 5.97 Å². The number of carbonyl (C=O) groups excluding carboxylic acids is 2. The van der Waals surface area contributed by atoms with Gasteiger partial charge in [0.25, 0.3) is 0 Å². The van der Waals surface area contributed by atoms with E-state index in [4.69, 9.17) is 4.74 Å². The molecule has 2 rings (SSSR count). The van der Waals surface area contributed by atoms with Gasteiger partial charge in [-0.3, -0.25) is 9.69 Å². The van der Waals surface area contributed by atoms with Crippen molar-refractivity contribution >= 4 is 17.6 Å². The third kappa shape index (κ3) is 3.81. The Bertz CT molecular complexity index is 482. The van der Waals surface area contributed by atoms with Crippen LogP contribution < -0.4 is 5.32 Å². The zero-order valence-electron chi connectivity index (χ0n) is 11.7. The summed E-state index contributed by atoms with van der Waals surface area (Å²) < 4.78 is 4.98. The third-order valence-electron chi connectivity index (χ3n) is 3.26. The number of carbonyl (C=O) groups is 2. The van der Waals surface area contributed by atoms with Crippen molar-refractivity contribution in [3.63, 3.8) is 0 Å². The van der Waals surface area contributed by atoms with Gasteiger partial charge < -0.3 is 10.1 Å². The highest BCUT2D eigenvalue weighted by Gasteiger charge is 2.17. The van der Waals surface area contributed by atoms with Crippen LogP contribution in [0, 0.1) is 0 Å². The van der Waals surface area contributed by atoms with Gasteiger partial charge >= 0.3 is 5.97 Å². The molecule has 5 heteroatoms. The van der Waals surface area contributed by atoms with Crippen LogP contribution in [-0.2, 0) is 9.53 Å². The summed E-state index contributed by atoms with van der Waals surface area (Å²) in [7, 11) is 0. The summed E-state index contributed by atoms with van der Waals surface area (Å²) in [5.74, 6) is -0.506. The van der Waals surface area contributed by atoms with Crippen LogP contribution in [0.3, 0.4) is 0 Å². The molecule has 0 bridgehead atoms. The van der Waals surface area contributed by atoms with E-state index in [-0.39, 0.29) is 5.91 Å². The van der Waals surface area contributed by atoms with Crippen LogP contribution in [0.15, 0.2) is 24.3 Å². The topological polar surface area (TPSA) is 58.6 Å². The molecule has 108 valence electrons. The van der Waals surface area contributed by atoms with Crippen molar-refractivity contribution in [2.45, 2.75) is 19.8 Å². The first-order valence-electron chi connectivity index (χ1n) is 6.99. The van der Waals surface area contributed by atoms with E-state index in [0.717, 1.165) is 25.9 Å². The monoisotopic (exact) mass is 276 g/mol. The summed E-state index contributed by atoms with van der Waals surface area (Å²) in [5, 5.41) is 2.80. The minimum Gasteiger partial charge on any atom is -0.462 e. The van der Waals surface area contributed by atoms with Crippen LogP contribution in [0.2, 0.25) is 0 Å².